The highest BCUT2D eigenvalue weighted by Gasteiger charge is 2.17. The first-order valence-corrected chi connectivity index (χ1v) is 10.4. The van der Waals surface area contributed by atoms with E-state index in [-0.39, 0.29) is 11.7 Å². The van der Waals surface area contributed by atoms with Gasteiger partial charge in [0.15, 0.2) is 11.0 Å². The molecule has 1 N–H and O–H groups in total. The molecule has 2 aromatic carbocycles. The van der Waals surface area contributed by atoms with Crippen molar-refractivity contribution in [1.82, 2.24) is 20.2 Å². The van der Waals surface area contributed by atoms with Gasteiger partial charge in [0, 0.05) is 11.3 Å². The molecule has 8 nitrogen and oxygen atoms in total. The van der Waals surface area contributed by atoms with Crippen LogP contribution in [0.2, 0.25) is 0 Å². The van der Waals surface area contributed by atoms with Gasteiger partial charge < -0.3 is 9.15 Å². The first-order chi connectivity index (χ1) is 15.2. The number of hydrogen-bond acceptors (Lipinski definition) is 7. The summed E-state index contributed by atoms with van der Waals surface area (Å²) in [5, 5.41) is 13.2. The summed E-state index contributed by atoms with van der Waals surface area (Å²) in [4.78, 5) is 12.2. The molecule has 2 heterocycles. The Morgan fingerprint density at radius 3 is 2.65 bits per heavy atom. The molecule has 0 fully saturated rings. The molecule has 156 valence electrons. The minimum atomic E-state index is -0.265. The third-order valence-corrected chi connectivity index (χ3v) is 5.18. The number of carbonyl (C=O) groups excluding carboxylic acids is 1. The number of rotatable bonds is 8. The van der Waals surface area contributed by atoms with Gasteiger partial charge in [-0.3, -0.25) is 9.36 Å². The fourth-order valence-electron chi connectivity index (χ4n) is 2.80. The van der Waals surface area contributed by atoms with E-state index >= 15 is 0 Å². The minimum Gasteiger partial charge on any atom is -0.497 e. The molecule has 0 aliphatic heterocycles. The number of carbonyl (C=O) groups is 1. The highest BCUT2D eigenvalue weighted by Crippen LogP contribution is 2.28. The van der Waals surface area contributed by atoms with Gasteiger partial charge >= 0.3 is 0 Å². The molecule has 0 radical (unpaired) electrons. The van der Waals surface area contributed by atoms with Crippen LogP contribution in [-0.2, 0) is 4.79 Å². The predicted molar refractivity (Wildman–Crippen MR) is 119 cm³/mol. The third kappa shape index (κ3) is 5.01. The Morgan fingerprint density at radius 2 is 1.94 bits per heavy atom. The summed E-state index contributed by atoms with van der Waals surface area (Å²) in [6.45, 7) is 0. The number of amides is 1. The summed E-state index contributed by atoms with van der Waals surface area (Å²) >= 11 is 1.27. The molecule has 0 unspecified atom stereocenters. The molecule has 0 saturated carbocycles. The molecule has 4 aromatic rings. The topological polar surface area (TPSA) is 94.5 Å². The quantitative estimate of drug-likeness (QED) is 0.258. The van der Waals surface area contributed by atoms with Gasteiger partial charge in [-0.1, -0.05) is 42.1 Å². The summed E-state index contributed by atoms with van der Waals surface area (Å²) in [6.07, 6.45) is 2.98. The van der Waals surface area contributed by atoms with Crippen molar-refractivity contribution >= 4 is 23.9 Å². The lowest BCUT2D eigenvalue weighted by Gasteiger charge is -2.11. The highest BCUT2D eigenvalue weighted by molar-refractivity contribution is 7.99. The van der Waals surface area contributed by atoms with Crippen LogP contribution in [0.25, 0.3) is 17.1 Å². The van der Waals surface area contributed by atoms with Crippen LogP contribution in [-0.4, -0.2) is 39.7 Å². The summed E-state index contributed by atoms with van der Waals surface area (Å²) in [6, 6.07) is 20.8. The average Bonchev–Trinajstić information content (AvgIpc) is 3.48. The van der Waals surface area contributed by atoms with Gasteiger partial charge in [0.25, 0.3) is 5.91 Å². The standard InChI is InChI=1S/C22H19N5O3S/c1-29-18-11-9-17(10-12-18)27-21(16-6-3-2-4-7-16)25-26-22(27)31-15-20(28)24-23-14-19-8-5-13-30-19/h2-14H,15H2,1H3,(H,24,28). The van der Waals surface area contributed by atoms with Gasteiger partial charge in [0.1, 0.15) is 11.5 Å². The highest BCUT2D eigenvalue weighted by atomic mass is 32.2. The maximum absolute atomic E-state index is 12.2. The van der Waals surface area contributed by atoms with E-state index in [0.717, 1.165) is 17.0 Å². The van der Waals surface area contributed by atoms with Crippen molar-refractivity contribution in [2.45, 2.75) is 5.16 Å². The molecule has 2 aromatic heterocycles. The van der Waals surface area contributed by atoms with E-state index in [1.54, 1.807) is 19.2 Å². The monoisotopic (exact) mass is 433 g/mol. The van der Waals surface area contributed by atoms with Gasteiger partial charge in [0.05, 0.1) is 25.3 Å². The van der Waals surface area contributed by atoms with Crippen molar-refractivity contribution in [3.8, 4) is 22.8 Å². The molecule has 31 heavy (non-hydrogen) atoms. The van der Waals surface area contributed by atoms with E-state index in [1.807, 2.05) is 59.2 Å². The van der Waals surface area contributed by atoms with Gasteiger partial charge in [-0.25, -0.2) is 5.43 Å². The fourth-order valence-corrected chi connectivity index (χ4v) is 3.54. The van der Waals surface area contributed by atoms with E-state index in [1.165, 1.54) is 24.2 Å². The van der Waals surface area contributed by atoms with Crippen molar-refractivity contribution in [2.75, 3.05) is 12.9 Å². The summed E-state index contributed by atoms with van der Waals surface area (Å²) in [7, 11) is 1.62. The molecule has 0 spiro atoms. The van der Waals surface area contributed by atoms with Crippen LogP contribution < -0.4 is 10.2 Å². The van der Waals surface area contributed by atoms with E-state index in [2.05, 4.69) is 20.7 Å². The second kappa shape index (κ2) is 9.77. The molecule has 0 aliphatic rings. The first-order valence-electron chi connectivity index (χ1n) is 9.38. The Hall–Kier alpha value is -3.85. The SMILES string of the molecule is COc1ccc(-n2c(SCC(=O)NN=Cc3ccco3)nnc2-c2ccccc2)cc1. The van der Waals surface area contributed by atoms with Crippen molar-refractivity contribution in [1.29, 1.82) is 0 Å². The Morgan fingerprint density at radius 1 is 1.13 bits per heavy atom. The normalized spacial score (nSPS) is 11.0. The molecular weight excluding hydrogens is 414 g/mol. The van der Waals surface area contributed by atoms with Crippen LogP contribution in [0, 0.1) is 0 Å². The zero-order valence-corrected chi connectivity index (χ0v) is 17.5. The molecule has 9 heteroatoms. The van der Waals surface area contributed by atoms with Crippen molar-refractivity contribution in [3.63, 3.8) is 0 Å². The molecular formula is C22H19N5O3S. The maximum atomic E-state index is 12.2. The Kier molecular flexibility index (Phi) is 6.44. The number of ether oxygens (including phenoxy) is 1. The maximum Gasteiger partial charge on any atom is 0.250 e. The summed E-state index contributed by atoms with van der Waals surface area (Å²) < 4.78 is 12.3. The molecule has 0 atom stereocenters. The zero-order valence-electron chi connectivity index (χ0n) is 16.6. The summed E-state index contributed by atoms with van der Waals surface area (Å²) in [5.41, 5.74) is 4.27. The minimum absolute atomic E-state index is 0.124. The van der Waals surface area contributed by atoms with Crippen LogP contribution in [0.3, 0.4) is 0 Å². The molecule has 0 saturated heterocycles. The number of nitrogens with one attached hydrogen (secondary N) is 1. The number of hydrazone groups is 1. The largest absolute Gasteiger partial charge is 0.497 e. The third-order valence-electron chi connectivity index (χ3n) is 4.25. The second-order valence-electron chi connectivity index (χ2n) is 6.30. The van der Waals surface area contributed by atoms with Crippen molar-refractivity contribution in [3.05, 3.63) is 78.8 Å². The number of methoxy groups -OCH3 is 1. The Labute approximate surface area is 182 Å². The van der Waals surface area contributed by atoms with E-state index < -0.39 is 0 Å². The Bertz CT molecular complexity index is 1160. The zero-order chi connectivity index (χ0) is 21.5. The lowest BCUT2D eigenvalue weighted by atomic mass is 10.2. The smallest absolute Gasteiger partial charge is 0.250 e. The van der Waals surface area contributed by atoms with Crippen LogP contribution in [0.1, 0.15) is 5.76 Å². The van der Waals surface area contributed by atoms with Gasteiger partial charge in [0.2, 0.25) is 0 Å². The van der Waals surface area contributed by atoms with Crippen LogP contribution in [0.15, 0.2) is 87.7 Å². The number of aromatic nitrogens is 3. The number of nitrogens with zero attached hydrogens (tertiary/aromatic N) is 4. The molecule has 0 bridgehead atoms. The lowest BCUT2D eigenvalue weighted by Crippen LogP contribution is -2.19. The van der Waals surface area contributed by atoms with E-state index in [9.17, 15) is 4.79 Å². The molecule has 4 rings (SSSR count). The van der Waals surface area contributed by atoms with Gasteiger partial charge in [-0.05, 0) is 36.4 Å². The van der Waals surface area contributed by atoms with Crippen LogP contribution in [0.5, 0.6) is 5.75 Å². The van der Waals surface area contributed by atoms with Gasteiger partial charge in [-0.2, -0.15) is 5.10 Å². The van der Waals surface area contributed by atoms with Crippen LogP contribution in [0.4, 0.5) is 0 Å². The Balaban J connectivity index is 1.54. The van der Waals surface area contributed by atoms with Crippen LogP contribution >= 0.6 is 11.8 Å². The average molecular weight is 433 g/mol. The number of hydrogen-bond donors (Lipinski definition) is 1. The molecule has 0 aliphatic carbocycles. The van der Waals surface area contributed by atoms with E-state index in [4.69, 9.17) is 9.15 Å². The number of thioether (sulfide) groups is 1. The summed E-state index contributed by atoms with van der Waals surface area (Å²) in [5.74, 6) is 1.85. The number of benzene rings is 2. The van der Waals surface area contributed by atoms with Crippen molar-refractivity contribution in [2.24, 2.45) is 5.10 Å². The van der Waals surface area contributed by atoms with Gasteiger partial charge in [-0.15, -0.1) is 10.2 Å². The predicted octanol–water partition coefficient (Wildman–Crippen LogP) is 3.78. The molecule has 1 amide bonds. The van der Waals surface area contributed by atoms with Crippen molar-refractivity contribution < 1.29 is 13.9 Å². The number of furan rings is 1. The van der Waals surface area contributed by atoms with E-state index in [0.29, 0.717) is 16.7 Å². The first kappa shape index (κ1) is 20.4. The second-order valence-corrected chi connectivity index (χ2v) is 7.25. The fraction of sp³-hybridized carbons (Fsp3) is 0.0909. The lowest BCUT2D eigenvalue weighted by molar-refractivity contribution is -0.118.